The normalized spacial score (nSPS) is 15.4. The van der Waals surface area contributed by atoms with E-state index in [1.165, 1.54) is 48.2 Å². The van der Waals surface area contributed by atoms with Crippen molar-refractivity contribution in [3.05, 3.63) is 95.6 Å². The number of likely N-dealkylation sites (tertiary alicyclic amines) is 1. The van der Waals surface area contributed by atoms with Crippen LogP contribution in [0.25, 0.3) is 11.6 Å². The summed E-state index contributed by atoms with van der Waals surface area (Å²) in [5.41, 5.74) is 5.02. The van der Waals surface area contributed by atoms with E-state index < -0.39 is 0 Å². The van der Waals surface area contributed by atoms with Crippen LogP contribution in [0.15, 0.2) is 78.9 Å². The molecule has 3 aromatic rings. The van der Waals surface area contributed by atoms with Crippen molar-refractivity contribution in [2.45, 2.75) is 32.1 Å². The Morgan fingerprint density at radius 3 is 2.36 bits per heavy atom. The minimum atomic E-state index is 0.277. The van der Waals surface area contributed by atoms with Gasteiger partial charge in [-0.3, -0.25) is 4.90 Å². The van der Waals surface area contributed by atoms with Crippen molar-refractivity contribution in [1.82, 2.24) is 4.90 Å². The van der Waals surface area contributed by atoms with Crippen LogP contribution in [0.4, 0.5) is 0 Å². The fourth-order valence-electron chi connectivity index (χ4n) is 4.65. The summed E-state index contributed by atoms with van der Waals surface area (Å²) in [6.45, 7) is 6.43. The molecule has 0 saturated carbocycles. The van der Waals surface area contributed by atoms with Gasteiger partial charge in [0.15, 0.2) is 0 Å². The Morgan fingerprint density at radius 2 is 1.67 bits per heavy atom. The lowest BCUT2D eigenvalue weighted by atomic mass is 9.83. The molecule has 0 aliphatic carbocycles. The molecule has 1 heterocycles. The van der Waals surface area contributed by atoms with Gasteiger partial charge >= 0.3 is 0 Å². The van der Waals surface area contributed by atoms with E-state index in [4.69, 9.17) is 9.47 Å². The Bertz CT molecular complexity index is 1020. The van der Waals surface area contributed by atoms with Gasteiger partial charge in [0.1, 0.15) is 18.1 Å². The molecule has 1 atom stereocenters. The zero-order valence-corrected chi connectivity index (χ0v) is 19.9. The summed E-state index contributed by atoms with van der Waals surface area (Å²) in [6.07, 6.45) is 5.96. The van der Waals surface area contributed by atoms with E-state index in [0.717, 1.165) is 31.1 Å². The Labute approximate surface area is 198 Å². The highest BCUT2D eigenvalue weighted by Gasteiger charge is 2.17. The summed E-state index contributed by atoms with van der Waals surface area (Å²) in [4.78, 5) is 2.48. The first-order valence-corrected chi connectivity index (χ1v) is 12.1. The number of hydrogen-bond acceptors (Lipinski definition) is 3. The molecule has 1 unspecified atom stereocenters. The maximum Gasteiger partial charge on any atom is 0.119 e. The van der Waals surface area contributed by atoms with E-state index in [1.807, 2.05) is 6.07 Å². The standard InChI is InChI=1S/C30H35NO2/c1-3-29(26-12-9-13-28(23-26)32-2)30(25-10-5-4-6-11-25)22-24-14-16-27(17-15-24)33-21-20-31-18-7-8-19-31/h4-6,9-17,22-23,29H,3,7-8,18-21H2,1-2H3/b30-22+. The molecule has 0 bridgehead atoms. The van der Waals surface area contributed by atoms with Crippen LogP contribution in [0, 0.1) is 0 Å². The van der Waals surface area contributed by atoms with E-state index >= 15 is 0 Å². The summed E-state index contributed by atoms with van der Waals surface area (Å²) >= 11 is 0. The Balaban J connectivity index is 1.55. The first-order valence-electron chi connectivity index (χ1n) is 12.1. The molecule has 172 valence electrons. The van der Waals surface area contributed by atoms with Crippen LogP contribution >= 0.6 is 0 Å². The molecule has 33 heavy (non-hydrogen) atoms. The zero-order valence-electron chi connectivity index (χ0n) is 19.9. The summed E-state index contributed by atoms with van der Waals surface area (Å²) in [6, 6.07) is 27.6. The minimum absolute atomic E-state index is 0.277. The number of benzene rings is 3. The number of nitrogens with zero attached hydrogens (tertiary/aromatic N) is 1. The molecular formula is C30H35NO2. The van der Waals surface area contributed by atoms with Crippen molar-refractivity contribution < 1.29 is 9.47 Å². The maximum absolute atomic E-state index is 6.00. The fourth-order valence-corrected chi connectivity index (χ4v) is 4.65. The van der Waals surface area contributed by atoms with E-state index in [2.05, 4.69) is 90.7 Å². The van der Waals surface area contributed by atoms with E-state index in [-0.39, 0.29) is 5.92 Å². The third kappa shape index (κ3) is 6.27. The molecule has 0 amide bonds. The van der Waals surface area contributed by atoms with Crippen molar-refractivity contribution in [2.75, 3.05) is 33.4 Å². The van der Waals surface area contributed by atoms with Crippen molar-refractivity contribution in [2.24, 2.45) is 0 Å². The molecule has 1 saturated heterocycles. The van der Waals surface area contributed by atoms with Crippen molar-refractivity contribution >= 4 is 11.6 Å². The van der Waals surface area contributed by atoms with Gasteiger partial charge in [0.25, 0.3) is 0 Å². The molecule has 3 nitrogen and oxygen atoms in total. The average Bonchev–Trinajstić information content (AvgIpc) is 3.39. The van der Waals surface area contributed by atoms with E-state index in [0.29, 0.717) is 0 Å². The molecule has 0 spiro atoms. The molecule has 1 aliphatic heterocycles. The molecular weight excluding hydrogens is 406 g/mol. The van der Waals surface area contributed by atoms with Crippen LogP contribution in [-0.2, 0) is 0 Å². The first kappa shape index (κ1) is 23.1. The smallest absolute Gasteiger partial charge is 0.119 e. The largest absolute Gasteiger partial charge is 0.497 e. The third-order valence-corrected chi connectivity index (χ3v) is 6.46. The fraction of sp³-hybridized carbons (Fsp3) is 0.333. The van der Waals surface area contributed by atoms with Crippen LogP contribution in [0.3, 0.4) is 0 Å². The highest BCUT2D eigenvalue weighted by atomic mass is 16.5. The number of allylic oxidation sites excluding steroid dienone is 1. The second kappa shape index (κ2) is 11.7. The molecule has 1 fully saturated rings. The van der Waals surface area contributed by atoms with Crippen LogP contribution < -0.4 is 9.47 Å². The highest BCUT2D eigenvalue weighted by Crippen LogP contribution is 2.37. The van der Waals surface area contributed by atoms with Crippen LogP contribution in [0.5, 0.6) is 11.5 Å². The lowest BCUT2D eigenvalue weighted by Gasteiger charge is -2.21. The maximum atomic E-state index is 6.00. The molecule has 1 aliphatic rings. The summed E-state index contributed by atoms with van der Waals surface area (Å²) in [5.74, 6) is 2.11. The quantitative estimate of drug-likeness (QED) is 0.319. The Hall–Kier alpha value is -3.04. The number of hydrogen-bond donors (Lipinski definition) is 0. The third-order valence-electron chi connectivity index (χ3n) is 6.46. The van der Waals surface area contributed by atoms with Gasteiger partial charge in [0, 0.05) is 12.5 Å². The van der Waals surface area contributed by atoms with E-state index in [9.17, 15) is 0 Å². The predicted molar refractivity (Wildman–Crippen MR) is 138 cm³/mol. The number of rotatable bonds is 10. The van der Waals surface area contributed by atoms with Gasteiger partial charge in [0.2, 0.25) is 0 Å². The zero-order chi connectivity index (χ0) is 22.9. The summed E-state index contributed by atoms with van der Waals surface area (Å²) in [7, 11) is 1.72. The minimum Gasteiger partial charge on any atom is -0.497 e. The second-order valence-electron chi connectivity index (χ2n) is 8.67. The first-order chi connectivity index (χ1) is 16.3. The average molecular weight is 442 g/mol. The number of ether oxygens (including phenoxy) is 2. The predicted octanol–water partition coefficient (Wildman–Crippen LogP) is 6.90. The van der Waals surface area contributed by atoms with Crippen molar-refractivity contribution in [3.8, 4) is 11.5 Å². The molecule has 3 heteroatoms. The second-order valence-corrected chi connectivity index (χ2v) is 8.67. The van der Waals surface area contributed by atoms with Crippen molar-refractivity contribution in [3.63, 3.8) is 0 Å². The van der Waals surface area contributed by atoms with E-state index in [1.54, 1.807) is 7.11 Å². The van der Waals surface area contributed by atoms with Gasteiger partial charge in [-0.05, 0) is 78.9 Å². The molecule has 3 aromatic carbocycles. The van der Waals surface area contributed by atoms with Crippen LogP contribution in [0.1, 0.15) is 48.8 Å². The van der Waals surface area contributed by atoms with Gasteiger partial charge in [-0.2, -0.15) is 0 Å². The van der Waals surface area contributed by atoms with Gasteiger partial charge in [0.05, 0.1) is 7.11 Å². The highest BCUT2D eigenvalue weighted by molar-refractivity contribution is 5.85. The SMILES string of the molecule is CCC(/C(=C/c1ccc(OCCN2CCCC2)cc1)c1ccccc1)c1cccc(OC)c1. The lowest BCUT2D eigenvalue weighted by molar-refractivity contribution is 0.238. The van der Waals surface area contributed by atoms with Crippen molar-refractivity contribution in [1.29, 1.82) is 0 Å². The summed E-state index contributed by atoms with van der Waals surface area (Å²) < 4.78 is 11.5. The van der Waals surface area contributed by atoms with Gasteiger partial charge in [-0.1, -0.05) is 67.6 Å². The molecule has 0 radical (unpaired) electrons. The van der Waals surface area contributed by atoms with Crippen LogP contribution in [0.2, 0.25) is 0 Å². The molecule has 0 aromatic heterocycles. The van der Waals surface area contributed by atoms with Gasteiger partial charge < -0.3 is 9.47 Å². The number of methoxy groups -OCH3 is 1. The molecule has 4 rings (SSSR count). The molecule has 0 N–H and O–H groups in total. The lowest BCUT2D eigenvalue weighted by Crippen LogP contribution is -2.25. The summed E-state index contributed by atoms with van der Waals surface area (Å²) in [5, 5.41) is 0. The van der Waals surface area contributed by atoms with Gasteiger partial charge in [-0.25, -0.2) is 0 Å². The monoisotopic (exact) mass is 441 g/mol. The topological polar surface area (TPSA) is 21.7 Å². The van der Waals surface area contributed by atoms with Crippen LogP contribution in [-0.4, -0.2) is 38.3 Å². The Kier molecular flexibility index (Phi) is 8.21. The van der Waals surface area contributed by atoms with Gasteiger partial charge in [-0.15, -0.1) is 0 Å². The Morgan fingerprint density at radius 1 is 0.909 bits per heavy atom.